The maximum absolute atomic E-state index is 12.8. The van der Waals surface area contributed by atoms with Crippen LogP contribution in [-0.2, 0) is 12.8 Å². The lowest BCUT2D eigenvalue weighted by molar-refractivity contribution is 0.0904. The SMILES string of the molecule is CC1(C)CC(=O)c2c([nH]c3cc4[nH]c5c(c4cc23)C(=O)CC(C)(C)C5)C1. The van der Waals surface area contributed by atoms with E-state index in [1.807, 2.05) is 0 Å². The first-order valence-electron chi connectivity index (χ1n) is 9.39. The highest BCUT2D eigenvalue weighted by atomic mass is 16.1. The second-order valence-corrected chi connectivity index (χ2v) is 9.78. The van der Waals surface area contributed by atoms with E-state index in [1.165, 1.54) is 0 Å². The molecule has 2 aromatic heterocycles. The lowest BCUT2D eigenvalue weighted by Gasteiger charge is -2.28. The molecule has 4 nitrogen and oxygen atoms in total. The van der Waals surface area contributed by atoms with E-state index in [2.05, 4.69) is 49.8 Å². The molecule has 0 radical (unpaired) electrons. The second kappa shape index (κ2) is 4.67. The molecule has 0 fully saturated rings. The first kappa shape index (κ1) is 15.9. The Bertz CT molecular complexity index is 1040. The molecular weight excluding hydrogens is 324 g/mol. The number of fused-ring (bicyclic) bond motifs is 6. The van der Waals surface area contributed by atoms with Gasteiger partial charge in [-0.05, 0) is 35.8 Å². The van der Waals surface area contributed by atoms with Crippen molar-refractivity contribution in [1.82, 2.24) is 9.97 Å². The molecule has 0 saturated heterocycles. The van der Waals surface area contributed by atoms with Crippen molar-refractivity contribution in [2.45, 2.75) is 53.4 Å². The van der Waals surface area contributed by atoms with Gasteiger partial charge in [0.15, 0.2) is 11.6 Å². The fourth-order valence-corrected chi connectivity index (χ4v) is 5.03. The summed E-state index contributed by atoms with van der Waals surface area (Å²) >= 11 is 0. The molecule has 2 aliphatic rings. The van der Waals surface area contributed by atoms with E-state index in [0.29, 0.717) is 12.8 Å². The molecule has 5 rings (SSSR count). The Balaban J connectivity index is 1.78. The number of nitrogens with one attached hydrogen (secondary N) is 2. The maximum atomic E-state index is 12.8. The normalized spacial score (nSPS) is 21.2. The Hall–Kier alpha value is -2.36. The van der Waals surface area contributed by atoms with Gasteiger partial charge in [-0.15, -0.1) is 0 Å². The molecule has 2 aliphatic carbocycles. The quantitative estimate of drug-likeness (QED) is 0.603. The van der Waals surface area contributed by atoms with E-state index in [1.54, 1.807) is 0 Å². The van der Waals surface area contributed by atoms with Gasteiger partial charge in [-0.2, -0.15) is 0 Å². The first-order chi connectivity index (χ1) is 12.1. The van der Waals surface area contributed by atoms with Crippen LogP contribution in [0.25, 0.3) is 21.8 Å². The van der Waals surface area contributed by atoms with Crippen molar-refractivity contribution in [3.8, 4) is 0 Å². The highest BCUT2D eigenvalue weighted by molar-refractivity contribution is 6.17. The molecule has 0 saturated carbocycles. The first-order valence-corrected chi connectivity index (χ1v) is 9.39. The van der Waals surface area contributed by atoms with Crippen LogP contribution in [0.4, 0.5) is 0 Å². The molecule has 0 spiro atoms. The number of rotatable bonds is 0. The van der Waals surface area contributed by atoms with Crippen LogP contribution in [0.2, 0.25) is 0 Å². The minimum Gasteiger partial charge on any atom is -0.358 e. The van der Waals surface area contributed by atoms with Gasteiger partial charge in [-0.25, -0.2) is 0 Å². The molecule has 1 aromatic carbocycles. The molecule has 3 aromatic rings. The van der Waals surface area contributed by atoms with Crippen molar-refractivity contribution >= 4 is 33.4 Å². The molecule has 0 atom stereocenters. The van der Waals surface area contributed by atoms with Gasteiger partial charge in [0.2, 0.25) is 0 Å². The summed E-state index contributed by atoms with van der Waals surface area (Å²) in [5.41, 5.74) is 5.70. The van der Waals surface area contributed by atoms with E-state index in [-0.39, 0.29) is 22.4 Å². The van der Waals surface area contributed by atoms with Crippen molar-refractivity contribution in [3.05, 3.63) is 34.6 Å². The Morgan fingerprint density at radius 2 is 1.12 bits per heavy atom. The number of aromatic nitrogens is 2. The molecule has 2 heterocycles. The summed E-state index contributed by atoms with van der Waals surface area (Å²) < 4.78 is 0. The van der Waals surface area contributed by atoms with Gasteiger partial charge < -0.3 is 9.97 Å². The zero-order valence-electron chi connectivity index (χ0n) is 15.8. The van der Waals surface area contributed by atoms with Crippen LogP contribution in [0.3, 0.4) is 0 Å². The molecule has 134 valence electrons. The predicted molar refractivity (Wildman–Crippen MR) is 103 cm³/mol. The van der Waals surface area contributed by atoms with Gasteiger partial charge in [0.1, 0.15) is 0 Å². The van der Waals surface area contributed by atoms with E-state index in [9.17, 15) is 9.59 Å². The fourth-order valence-electron chi connectivity index (χ4n) is 5.03. The average Bonchev–Trinajstić information content (AvgIpc) is 2.97. The molecule has 0 aliphatic heterocycles. The Morgan fingerprint density at radius 1 is 0.692 bits per heavy atom. The van der Waals surface area contributed by atoms with Crippen LogP contribution in [0.5, 0.6) is 0 Å². The van der Waals surface area contributed by atoms with Crippen molar-refractivity contribution in [1.29, 1.82) is 0 Å². The predicted octanol–water partition coefficient (Wildman–Crippen LogP) is 4.96. The summed E-state index contributed by atoms with van der Waals surface area (Å²) in [6.45, 7) is 8.56. The number of H-pyrrole nitrogens is 2. The number of carbonyl (C=O) groups excluding carboxylic acids is 2. The highest BCUT2D eigenvalue weighted by Gasteiger charge is 2.36. The van der Waals surface area contributed by atoms with Crippen LogP contribution in [0.15, 0.2) is 12.1 Å². The highest BCUT2D eigenvalue weighted by Crippen LogP contribution is 2.42. The third-order valence-corrected chi connectivity index (χ3v) is 6.02. The Kier molecular flexibility index (Phi) is 2.85. The second-order valence-electron chi connectivity index (χ2n) is 9.78. The minimum atomic E-state index is -0.00739. The number of aromatic amines is 2. The Labute approximate surface area is 152 Å². The Morgan fingerprint density at radius 3 is 1.54 bits per heavy atom. The number of benzene rings is 1. The molecule has 4 heteroatoms. The van der Waals surface area contributed by atoms with Crippen LogP contribution < -0.4 is 0 Å². The smallest absolute Gasteiger partial charge is 0.165 e. The largest absolute Gasteiger partial charge is 0.358 e. The number of hydrogen-bond acceptors (Lipinski definition) is 2. The molecule has 0 amide bonds. The standard InChI is InChI=1S/C22H24N2O2/c1-21(2)7-15-19(17(25)9-21)11-5-12-14(6-13(11)23-15)24-16-8-22(3,4)10-18(26)20(12)16/h5-6,23-24H,7-10H2,1-4H3. The summed E-state index contributed by atoms with van der Waals surface area (Å²) in [4.78, 5) is 32.5. The van der Waals surface area contributed by atoms with Gasteiger partial charge >= 0.3 is 0 Å². The summed E-state index contributed by atoms with van der Waals surface area (Å²) in [5.74, 6) is 0.414. The molecule has 0 bridgehead atoms. The van der Waals surface area contributed by atoms with Crippen LogP contribution in [0.1, 0.15) is 72.6 Å². The summed E-state index contributed by atoms with van der Waals surface area (Å²) in [6, 6.07) is 4.13. The average molecular weight is 348 g/mol. The summed E-state index contributed by atoms with van der Waals surface area (Å²) in [5, 5.41) is 1.93. The maximum Gasteiger partial charge on any atom is 0.165 e. The zero-order valence-corrected chi connectivity index (χ0v) is 15.8. The van der Waals surface area contributed by atoms with Crippen LogP contribution in [-0.4, -0.2) is 21.5 Å². The summed E-state index contributed by atoms with van der Waals surface area (Å²) in [7, 11) is 0. The fraction of sp³-hybridized carbons (Fsp3) is 0.455. The van der Waals surface area contributed by atoms with Crippen LogP contribution in [0, 0.1) is 10.8 Å². The number of Topliss-reactive ketones (excluding diaryl/α,β-unsaturated/α-hetero) is 2. The van der Waals surface area contributed by atoms with Crippen molar-refractivity contribution < 1.29 is 9.59 Å². The van der Waals surface area contributed by atoms with E-state index in [0.717, 1.165) is 57.2 Å². The topological polar surface area (TPSA) is 65.7 Å². The molecule has 0 unspecified atom stereocenters. The van der Waals surface area contributed by atoms with Gasteiger partial charge in [0, 0.05) is 57.2 Å². The molecule has 2 N–H and O–H groups in total. The third-order valence-electron chi connectivity index (χ3n) is 6.02. The third kappa shape index (κ3) is 2.14. The minimum absolute atomic E-state index is 0.00739. The molecule has 26 heavy (non-hydrogen) atoms. The van der Waals surface area contributed by atoms with Crippen LogP contribution >= 0.6 is 0 Å². The zero-order chi connectivity index (χ0) is 18.4. The van der Waals surface area contributed by atoms with E-state index in [4.69, 9.17) is 0 Å². The van der Waals surface area contributed by atoms with Gasteiger partial charge in [-0.1, -0.05) is 27.7 Å². The lowest BCUT2D eigenvalue weighted by atomic mass is 9.75. The van der Waals surface area contributed by atoms with Crippen molar-refractivity contribution in [2.75, 3.05) is 0 Å². The monoisotopic (exact) mass is 348 g/mol. The molecular formula is C22H24N2O2. The van der Waals surface area contributed by atoms with E-state index >= 15 is 0 Å². The number of carbonyl (C=O) groups is 2. The van der Waals surface area contributed by atoms with Gasteiger partial charge in [-0.3, -0.25) is 9.59 Å². The van der Waals surface area contributed by atoms with Gasteiger partial charge in [0.25, 0.3) is 0 Å². The lowest BCUT2D eigenvalue weighted by Crippen LogP contribution is -2.26. The number of hydrogen-bond donors (Lipinski definition) is 2. The van der Waals surface area contributed by atoms with Gasteiger partial charge in [0.05, 0.1) is 0 Å². The van der Waals surface area contributed by atoms with Crippen molar-refractivity contribution in [3.63, 3.8) is 0 Å². The van der Waals surface area contributed by atoms with E-state index < -0.39 is 0 Å². The summed E-state index contributed by atoms with van der Waals surface area (Å²) in [6.07, 6.45) is 2.90. The van der Waals surface area contributed by atoms with Crippen molar-refractivity contribution in [2.24, 2.45) is 10.8 Å². The number of ketones is 2.